The minimum Gasteiger partial charge on any atom is -0.395 e. The highest BCUT2D eigenvalue weighted by molar-refractivity contribution is 7.99. The number of aliphatic hydroxyl groups excluding tert-OH is 1. The molecule has 3 nitrogen and oxygen atoms in total. The fraction of sp³-hybridized carbons (Fsp3) is 1.00. The van der Waals surface area contributed by atoms with Crippen molar-refractivity contribution in [1.82, 2.24) is 5.32 Å². The Bertz CT molecular complexity index is 190. The van der Waals surface area contributed by atoms with E-state index in [1.165, 1.54) is 6.42 Å². The van der Waals surface area contributed by atoms with E-state index in [-0.39, 0.29) is 12.6 Å². The van der Waals surface area contributed by atoms with Crippen LogP contribution in [-0.2, 0) is 4.74 Å². The molecule has 1 aliphatic rings. The van der Waals surface area contributed by atoms with Gasteiger partial charge in [-0.25, -0.2) is 0 Å². The van der Waals surface area contributed by atoms with Gasteiger partial charge in [-0.2, -0.15) is 11.8 Å². The Balaban J connectivity index is 2.12. The molecule has 96 valence electrons. The number of nitrogens with one attached hydrogen (secondary N) is 1. The highest BCUT2D eigenvalue weighted by Crippen LogP contribution is 2.26. The highest BCUT2D eigenvalue weighted by Gasteiger charge is 2.24. The second-order valence-electron chi connectivity index (χ2n) is 4.76. The summed E-state index contributed by atoms with van der Waals surface area (Å²) in [4.78, 5) is 0. The SMILES string of the molecule is CC(C)NC(CO)CCSC1CCOC1C. The summed E-state index contributed by atoms with van der Waals surface area (Å²) in [5, 5.41) is 13.2. The van der Waals surface area contributed by atoms with Crippen molar-refractivity contribution in [2.75, 3.05) is 19.0 Å². The minimum atomic E-state index is 0.232. The summed E-state index contributed by atoms with van der Waals surface area (Å²) in [6.45, 7) is 7.52. The molecule has 0 bridgehead atoms. The summed E-state index contributed by atoms with van der Waals surface area (Å²) in [6, 6.07) is 0.681. The van der Waals surface area contributed by atoms with E-state index in [0.29, 0.717) is 17.4 Å². The van der Waals surface area contributed by atoms with Gasteiger partial charge in [0.05, 0.1) is 12.7 Å². The Morgan fingerprint density at radius 3 is 2.75 bits per heavy atom. The molecule has 4 heteroatoms. The van der Waals surface area contributed by atoms with Crippen molar-refractivity contribution < 1.29 is 9.84 Å². The van der Waals surface area contributed by atoms with Crippen LogP contribution < -0.4 is 5.32 Å². The molecule has 2 N–H and O–H groups in total. The Morgan fingerprint density at radius 2 is 2.25 bits per heavy atom. The van der Waals surface area contributed by atoms with Gasteiger partial charge in [0.25, 0.3) is 0 Å². The van der Waals surface area contributed by atoms with Crippen molar-refractivity contribution in [3.05, 3.63) is 0 Å². The first-order valence-electron chi connectivity index (χ1n) is 6.23. The van der Waals surface area contributed by atoms with Gasteiger partial charge in [-0.15, -0.1) is 0 Å². The summed E-state index contributed by atoms with van der Waals surface area (Å²) in [7, 11) is 0. The Morgan fingerprint density at radius 1 is 1.50 bits per heavy atom. The first-order valence-corrected chi connectivity index (χ1v) is 7.28. The van der Waals surface area contributed by atoms with Crippen LogP contribution in [0, 0.1) is 0 Å². The maximum atomic E-state index is 9.22. The van der Waals surface area contributed by atoms with Crippen LogP contribution in [0.15, 0.2) is 0 Å². The molecule has 1 aliphatic heterocycles. The molecule has 1 fully saturated rings. The largest absolute Gasteiger partial charge is 0.395 e. The van der Waals surface area contributed by atoms with E-state index in [4.69, 9.17) is 4.74 Å². The fourth-order valence-electron chi connectivity index (χ4n) is 1.99. The zero-order chi connectivity index (χ0) is 12.0. The maximum absolute atomic E-state index is 9.22. The lowest BCUT2D eigenvalue weighted by Crippen LogP contribution is -2.38. The average molecular weight is 247 g/mol. The van der Waals surface area contributed by atoms with Gasteiger partial charge in [0.15, 0.2) is 0 Å². The van der Waals surface area contributed by atoms with Gasteiger partial charge in [0.1, 0.15) is 0 Å². The number of thioether (sulfide) groups is 1. The second kappa shape index (κ2) is 7.54. The molecule has 1 heterocycles. The normalized spacial score (nSPS) is 27.6. The summed E-state index contributed by atoms with van der Waals surface area (Å²) < 4.78 is 5.53. The van der Waals surface area contributed by atoms with Gasteiger partial charge < -0.3 is 15.2 Å². The Kier molecular flexibility index (Phi) is 6.73. The van der Waals surface area contributed by atoms with E-state index in [2.05, 4.69) is 26.1 Å². The van der Waals surface area contributed by atoms with Gasteiger partial charge in [-0.05, 0) is 25.5 Å². The molecule has 1 saturated heterocycles. The molecule has 0 saturated carbocycles. The molecule has 0 spiro atoms. The summed E-state index contributed by atoms with van der Waals surface area (Å²) >= 11 is 1.99. The number of aliphatic hydroxyl groups is 1. The van der Waals surface area contributed by atoms with E-state index in [0.717, 1.165) is 18.8 Å². The molecule has 0 amide bonds. The van der Waals surface area contributed by atoms with E-state index >= 15 is 0 Å². The lowest BCUT2D eigenvalue weighted by Gasteiger charge is -2.20. The topological polar surface area (TPSA) is 41.5 Å². The van der Waals surface area contributed by atoms with E-state index in [9.17, 15) is 5.11 Å². The number of hydrogen-bond acceptors (Lipinski definition) is 4. The third-order valence-corrected chi connectivity index (χ3v) is 4.41. The van der Waals surface area contributed by atoms with Crippen molar-refractivity contribution in [3.8, 4) is 0 Å². The van der Waals surface area contributed by atoms with Crippen LogP contribution >= 0.6 is 11.8 Å². The molecule has 3 unspecified atom stereocenters. The summed E-state index contributed by atoms with van der Waals surface area (Å²) in [6.07, 6.45) is 2.60. The Labute approximate surface area is 103 Å². The molecule has 0 aromatic carbocycles. The lowest BCUT2D eigenvalue weighted by atomic mass is 10.2. The van der Waals surface area contributed by atoms with Crippen LogP contribution in [0.25, 0.3) is 0 Å². The molecule has 0 radical (unpaired) electrons. The predicted molar refractivity (Wildman–Crippen MR) is 70.0 cm³/mol. The Hall–Kier alpha value is 0.230. The van der Waals surface area contributed by atoms with E-state index in [1.807, 2.05) is 11.8 Å². The first kappa shape index (κ1) is 14.3. The fourth-order valence-corrected chi connectivity index (χ4v) is 3.33. The third-order valence-electron chi connectivity index (χ3n) is 2.89. The number of hydrogen-bond donors (Lipinski definition) is 2. The standard InChI is InChI=1S/C12H25NO2S/c1-9(2)13-11(8-14)5-7-16-12-4-6-15-10(12)3/h9-14H,4-8H2,1-3H3. The van der Waals surface area contributed by atoms with Gasteiger partial charge in [0.2, 0.25) is 0 Å². The van der Waals surface area contributed by atoms with Crippen molar-refractivity contribution in [2.24, 2.45) is 0 Å². The molecular weight excluding hydrogens is 222 g/mol. The molecule has 1 rings (SSSR count). The van der Waals surface area contributed by atoms with Crippen LogP contribution in [0.3, 0.4) is 0 Å². The van der Waals surface area contributed by atoms with Crippen LogP contribution in [0.1, 0.15) is 33.6 Å². The average Bonchev–Trinajstić information content (AvgIpc) is 2.62. The van der Waals surface area contributed by atoms with Crippen LogP contribution in [0.5, 0.6) is 0 Å². The van der Waals surface area contributed by atoms with E-state index in [1.54, 1.807) is 0 Å². The third kappa shape index (κ3) is 5.04. The molecule has 3 atom stereocenters. The zero-order valence-corrected chi connectivity index (χ0v) is 11.4. The quantitative estimate of drug-likeness (QED) is 0.718. The van der Waals surface area contributed by atoms with Crippen molar-refractivity contribution in [1.29, 1.82) is 0 Å². The molecule has 0 aromatic heterocycles. The zero-order valence-electron chi connectivity index (χ0n) is 10.6. The van der Waals surface area contributed by atoms with Crippen LogP contribution in [0.2, 0.25) is 0 Å². The molecular formula is C12H25NO2S. The molecule has 0 aromatic rings. The van der Waals surface area contributed by atoms with Crippen LogP contribution in [0.4, 0.5) is 0 Å². The lowest BCUT2D eigenvalue weighted by molar-refractivity contribution is 0.127. The number of ether oxygens (including phenoxy) is 1. The van der Waals surface area contributed by atoms with Crippen molar-refractivity contribution >= 4 is 11.8 Å². The monoisotopic (exact) mass is 247 g/mol. The minimum absolute atomic E-state index is 0.232. The van der Waals surface area contributed by atoms with Gasteiger partial charge in [0, 0.05) is 23.9 Å². The second-order valence-corrected chi connectivity index (χ2v) is 6.11. The van der Waals surface area contributed by atoms with Gasteiger partial charge in [-0.1, -0.05) is 13.8 Å². The first-order chi connectivity index (χ1) is 7.63. The van der Waals surface area contributed by atoms with Crippen molar-refractivity contribution in [2.45, 2.75) is 57.1 Å². The highest BCUT2D eigenvalue weighted by atomic mass is 32.2. The molecule has 0 aliphatic carbocycles. The predicted octanol–water partition coefficient (Wildman–Crippen LogP) is 1.65. The maximum Gasteiger partial charge on any atom is 0.0666 e. The summed E-state index contributed by atoms with van der Waals surface area (Å²) in [5.41, 5.74) is 0. The van der Waals surface area contributed by atoms with Gasteiger partial charge in [-0.3, -0.25) is 0 Å². The van der Waals surface area contributed by atoms with Crippen molar-refractivity contribution in [3.63, 3.8) is 0 Å². The smallest absolute Gasteiger partial charge is 0.0666 e. The van der Waals surface area contributed by atoms with E-state index < -0.39 is 0 Å². The van der Waals surface area contributed by atoms with Crippen LogP contribution in [-0.4, -0.2) is 47.5 Å². The summed E-state index contributed by atoms with van der Waals surface area (Å²) in [5.74, 6) is 1.10. The van der Waals surface area contributed by atoms with Gasteiger partial charge >= 0.3 is 0 Å². The molecule has 16 heavy (non-hydrogen) atoms. The number of rotatable bonds is 7.